The Morgan fingerprint density at radius 2 is 2.05 bits per heavy atom. The number of carbonyl (C=O) groups is 1. The quantitative estimate of drug-likeness (QED) is 0.834. The molecule has 1 N–H and O–H groups in total. The normalized spacial score (nSPS) is 15.4. The fourth-order valence-corrected chi connectivity index (χ4v) is 2.81. The van der Waals surface area contributed by atoms with Gasteiger partial charge < -0.3 is 10.2 Å². The van der Waals surface area contributed by atoms with Crippen LogP contribution in [0.4, 0.5) is 4.39 Å². The molecule has 0 unspecified atom stereocenters. The molecule has 20 heavy (non-hydrogen) atoms. The molecule has 3 nitrogen and oxygen atoms in total. The average Bonchev–Trinajstić information content (AvgIpc) is 2.47. The number of nitrogens with one attached hydrogen (secondary N) is 1. The number of halogens is 2. The van der Waals surface area contributed by atoms with Crippen LogP contribution in [0, 0.1) is 5.82 Å². The van der Waals surface area contributed by atoms with Crippen LogP contribution >= 0.6 is 15.9 Å². The molecule has 2 rings (SSSR count). The summed E-state index contributed by atoms with van der Waals surface area (Å²) in [5.74, 6) is -0.0185. The third kappa shape index (κ3) is 4.56. The maximum atomic E-state index is 13.5. The van der Waals surface area contributed by atoms with Gasteiger partial charge in [-0.25, -0.2) is 4.39 Å². The molecular weight excluding hydrogens is 323 g/mol. The summed E-state index contributed by atoms with van der Waals surface area (Å²) in [6, 6.07) is 4.88. The Balaban J connectivity index is 1.70. The Bertz CT molecular complexity index is 461. The van der Waals surface area contributed by atoms with E-state index in [4.69, 9.17) is 0 Å². The summed E-state index contributed by atoms with van der Waals surface area (Å²) in [6.07, 6.45) is 3.94. The molecule has 0 radical (unpaired) electrons. The highest BCUT2D eigenvalue weighted by atomic mass is 79.9. The van der Waals surface area contributed by atoms with Crippen LogP contribution in [0.2, 0.25) is 0 Å². The fraction of sp³-hybridized carbons (Fsp3) is 0.533. The number of benzene rings is 1. The van der Waals surface area contributed by atoms with Gasteiger partial charge >= 0.3 is 0 Å². The maximum Gasteiger partial charge on any atom is 0.223 e. The standard InChI is InChI=1S/C15H20BrFN2O/c16-13-4-5-14(17)12(10-13)11-18-7-6-15(20)19-8-2-1-3-9-19/h4-5,10,18H,1-3,6-9,11H2. The van der Waals surface area contributed by atoms with Crippen molar-refractivity contribution >= 4 is 21.8 Å². The van der Waals surface area contributed by atoms with E-state index >= 15 is 0 Å². The molecule has 0 bridgehead atoms. The van der Waals surface area contributed by atoms with E-state index in [0.29, 0.717) is 25.1 Å². The molecule has 0 atom stereocenters. The Morgan fingerprint density at radius 3 is 2.80 bits per heavy atom. The van der Waals surface area contributed by atoms with Gasteiger partial charge in [0.1, 0.15) is 5.82 Å². The molecule has 1 aliphatic rings. The minimum absolute atomic E-state index is 0.201. The van der Waals surface area contributed by atoms with Crippen LogP contribution in [0.25, 0.3) is 0 Å². The van der Waals surface area contributed by atoms with Gasteiger partial charge in [-0.3, -0.25) is 4.79 Å². The van der Waals surface area contributed by atoms with E-state index in [-0.39, 0.29) is 11.7 Å². The number of hydrogen-bond donors (Lipinski definition) is 1. The van der Waals surface area contributed by atoms with Gasteiger partial charge in [-0.15, -0.1) is 0 Å². The van der Waals surface area contributed by atoms with Crippen molar-refractivity contribution in [3.8, 4) is 0 Å². The van der Waals surface area contributed by atoms with Gasteiger partial charge in [0.05, 0.1) is 0 Å². The summed E-state index contributed by atoms with van der Waals surface area (Å²) in [4.78, 5) is 13.9. The highest BCUT2D eigenvalue weighted by molar-refractivity contribution is 9.10. The van der Waals surface area contributed by atoms with Crippen LogP contribution in [-0.4, -0.2) is 30.4 Å². The van der Waals surface area contributed by atoms with Gasteiger partial charge in [0, 0.05) is 42.6 Å². The smallest absolute Gasteiger partial charge is 0.223 e. The van der Waals surface area contributed by atoms with Crippen LogP contribution in [-0.2, 0) is 11.3 Å². The van der Waals surface area contributed by atoms with Crippen LogP contribution in [0.5, 0.6) is 0 Å². The van der Waals surface area contributed by atoms with Crippen LogP contribution < -0.4 is 5.32 Å². The first kappa shape index (κ1) is 15.4. The van der Waals surface area contributed by atoms with E-state index < -0.39 is 0 Å². The molecule has 1 aromatic rings. The molecule has 1 aliphatic heterocycles. The Morgan fingerprint density at radius 1 is 1.30 bits per heavy atom. The molecule has 1 fully saturated rings. The van der Waals surface area contributed by atoms with Crippen molar-refractivity contribution < 1.29 is 9.18 Å². The summed E-state index contributed by atoms with van der Waals surface area (Å²) >= 11 is 3.33. The minimum Gasteiger partial charge on any atom is -0.343 e. The molecule has 0 aliphatic carbocycles. The third-order valence-corrected chi connectivity index (χ3v) is 4.04. The number of rotatable bonds is 5. The van der Waals surface area contributed by atoms with Gasteiger partial charge in [0.25, 0.3) is 0 Å². The van der Waals surface area contributed by atoms with E-state index in [9.17, 15) is 9.18 Å². The number of nitrogens with zero attached hydrogens (tertiary/aromatic N) is 1. The van der Waals surface area contributed by atoms with Gasteiger partial charge in [0.15, 0.2) is 0 Å². The highest BCUT2D eigenvalue weighted by Crippen LogP contribution is 2.15. The van der Waals surface area contributed by atoms with Gasteiger partial charge in [-0.2, -0.15) is 0 Å². The Hall–Kier alpha value is -0.940. The average molecular weight is 343 g/mol. The van der Waals surface area contributed by atoms with Crippen molar-refractivity contribution in [1.82, 2.24) is 10.2 Å². The van der Waals surface area contributed by atoms with E-state index in [2.05, 4.69) is 21.2 Å². The summed E-state index contributed by atoms with van der Waals surface area (Å²) in [7, 11) is 0. The van der Waals surface area contributed by atoms with E-state index in [1.807, 2.05) is 4.90 Å². The van der Waals surface area contributed by atoms with Crippen LogP contribution in [0.15, 0.2) is 22.7 Å². The lowest BCUT2D eigenvalue weighted by Crippen LogP contribution is -2.37. The zero-order valence-corrected chi connectivity index (χ0v) is 13.1. The van der Waals surface area contributed by atoms with E-state index in [1.54, 1.807) is 12.1 Å². The number of piperidine rings is 1. The summed E-state index contributed by atoms with van der Waals surface area (Å²) in [5, 5.41) is 3.13. The number of hydrogen-bond acceptors (Lipinski definition) is 2. The lowest BCUT2D eigenvalue weighted by Gasteiger charge is -2.26. The van der Waals surface area contributed by atoms with E-state index in [1.165, 1.54) is 12.5 Å². The molecule has 1 amide bonds. The topological polar surface area (TPSA) is 32.3 Å². The highest BCUT2D eigenvalue weighted by Gasteiger charge is 2.15. The summed E-state index contributed by atoms with van der Waals surface area (Å²) in [6.45, 7) is 2.80. The van der Waals surface area contributed by atoms with Crippen molar-refractivity contribution in [2.75, 3.05) is 19.6 Å². The second-order valence-electron chi connectivity index (χ2n) is 5.10. The molecule has 110 valence electrons. The first-order valence-electron chi connectivity index (χ1n) is 7.09. The van der Waals surface area contributed by atoms with Crippen LogP contribution in [0.1, 0.15) is 31.2 Å². The zero-order chi connectivity index (χ0) is 14.4. The lowest BCUT2D eigenvalue weighted by molar-refractivity contribution is -0.131. The number of carbonyl (C=O) groups excluding carboxylic acids is 1. The molecule has 0 spiro atoms. The summed E-state index contributed by atoms with van der Waals surface area (Å²) < 4.78 is 14.4. The monoisotopic (exact) mass is 342 g/mol. The SMILES string of the molecule is O=C(CCNCc1cc(Br)ccc1F)N1CCCCC1. The largest absolute Gasteiger partial charge is 0.343 e. The number of likely N-dealkylation sites (tertiary alicyclic amines) is 1. The van der Waals surface area contributed by atoms with Crippen molar-refractivity contribution in [3.63, 3.8) is 0 Å². The second-order valence-corrected chi connectivity index (χ2v) is 6.02. The first-order chi connectivity index (χ1) is 9.66. The molecule has 0 saturated carbocycles. The van der Waals surface area contributed by atoms with Gasteiger partial charge in [-0.05, 0) is 37.5 Å². The fourth-order valence-electron chi connectivity index (χ4n) is 2.40. The maximum absolute atomic E-state index is 13.5. The van der Waals surface area contributed by atoms with E-state index in [0.717, 1.165) is 30.4 Å². The van der Waals surface area contributed by atoms with Crippen molar-refractivity contribution in [1.29, 1.82) is 0 Å². The molecule has 1 aromatic carbocycles. The number of amides is 1. The van der Waals surface area contributed by atoms with Gasteiger partial charge in [0.2, 0.25) is 5.91 Å². The predicted octanol–water partition coefficient (Wildman–Crippen LogP) is 3.08. The first-order valence-corrected chi connectivity index (χ1v) is 7.88. The summed E-state index contributed by atoms with van der Waals surface area (Å²) in [5.41, 5.74) is 0.616. The molecule has 5 heteroatoms. The second kappa shape index (κ2) is 7.74. The molecule has 1 saturated heterocycles. The predicted molar refractivity (Wildman–Crippen MR) is 80.9 cm³/mol. The Kier molecular flexibility index (Phi) is 5.98. The van der Waals surface area contributed by atoms with Crippen molar-refractivity contribution in [2.24, 2.45) is 0 Å². The van der Waals surface area contributed by atoms with Crippen molar-refractivity contribution in [3.05, 3.63) is 34.1 Å². The lowest BCUT2D eigenvalue weighted by atomic mass is 10.1. The molecule has 0 aromatic heterocycles. The van der Waals surface area contributed by atoms with Gasteiger partial charge in [-0.1, -0.05) is 15.9 Å². The van der Waals surface area contributed by atoms with Crippen LogP contribution in [0.3, 0.4) is 0 Å². The zero-order valence-electron chi connectivity index (χ0n) is 11.5. The van der Waals surface area contributed by atoms with Crippen molar-refractivity contribution in [2.45, 2.75) is 32.2 Å². The minimum atomic E-state index is -0.219. The Labute approximate surface area is 127 Å². The molecule has 1 heterocycles. The molecular formula is C15H20BrFN2O. The third-order valence-electron chi connectivity index (χ3n) is 3.55.